The van der Waals surface area contributed by atoms with Crippen LogP contribution in [0.4, 0.5) is 0 Å². The summed E-state index contributed by atoms with van der Waals surface area (Å²) in [5, 5.41) is 2.45. The first-order valence-electron chi connectivity index (χ1n) is 17.5. The van der Waals surface area contributed by atoms with E-state index in [1.807, 2.05) is 36.5 Å². The SMILES string of the molecule is c1ccc(-c2cccc(-c3cc(-c4ccc(-c5ccc(-c6ccc(-c7cccnc7)cc6)c6ccccc56)cc4)nc(-c4ccccc4)n3)c2)cc1. The van der Waals surface area contributed by atoms with E-state index >= 15 is 0 Å². The van der Waals surface area contributed by atoms with Crippen LogP contribution in [-0.2, 0) is 0 Å². The molecular weight excluding hydrogens is 631 g/mol. The minimum atomic E-state index is 0.706. The minimum absolute atomic E-state index is 0.706. The van der Waals surface area contributed by atoms with Crippen molar-refractivity contribution in [2.45, 2.75) is 0 Å². The number of pyridine rings is 1. The van der Waals surface area contributed by atoms with Gasteiger partial charge in [-0.2, -0.15) is 0 Å². The molecule has 9 aromatic rings. The fraction of sp³-hybridized carbons (Fsp3) is 0. The molecule has 0 unspecified atom stereocenters. The first-order chi connectivity index (χ1) is 25.8. The van der Waals surface area contributed by atoms with Crippen LogP contribution in [-0.4, -0.2) is 15.0 Å². The number of rotatable bonds is 7. The minimum Gasteiger partial charge on any atom is -0.264 e. The van der Waals surface area contributed by atoms with Gasteiger partial charge in [0, 0.05) is 29.1 Å². The lowest BCUT2D eigenvalue weighted by Gasteiger charge is -2.14. The highest BCUT2D eigenvalue weighted by molar-refractivity contribution is 6.05. The van der Waals surface area contributed by atoms with Crippen LogP contribution in [0.2, 0.25) is 0 Å². The van der Waals surface area contributed by atoms with Crippen LogP contribution in [0.15, 0.2) is 200 Å². The first-order valence-corrected chi connectivity index (χ1v) is 17.5. The molecule has 2 aromatic heterocycles. The molecule has 0 saturated heterocycles. The summed E-state index contributed by atoms with van der Waals surface area (Å²) in [6.45, 7) is 0. The van der Waals surface area contributed by atoms with Gasteiger partial charge in [-0.05, 0) is 73.5 Å². The molecule has 3 heteroatoms. The highest BCUT2D eigenvalue weighted by Crippen LogP contribution is 2.37. The lowest BCUT2D eigenvalue weighted by molar-refractivity contribution is 1.18. The molecule has 0 aliphatic rings. The van der Waals surface area contributed by atoms with Gasteiger partial charge in [0.1, 0.15) is 0 Å². The van der Waals surface area contributed by atoms with Crippen LogP contribution in [0.1, 0.15) is 0 Å². The van der Waals surface area contributed by atoms with E-state index in [1.165, 1.54) is 33.0 Å². The Kier molecular flexibility index (Phi) is 8.20. The molecule has 7 aromatic carbocycles. The maximum Gasteiger partial charge on any atom is 0.160 e. The highest BCUT2D eigenvalue weighted by atomic mass is 14.9. The molecule has 0 bridgehead atoms. The third-order valence-corrected chi connectivity index (χ3v) is 9.63. The average molecular weight is 664 g/mol. The zero-order valence-electron chi connectivity index (χ0n) is 28.4. The van der Waals surface area contributed by atoms with Crippen molar-refractivity contribution in [1.29, 1.82) is 0 Å². The van der Waals surface area contributed by atoms with Crippen LogP contribution in [0, 0.1) is 0 Å². The zero-order chi connectivity index (χ0) is 34.7. The lowest BCUT2D eigenvalue weighted by atomic mass is 9.91. The molecule has 2 heterocycles. The molecular formula is C49H33N3. The summed E-state index contributed by atoms with van der Waals surface area (Å²) in [7, 11) is 0. The number of benzene rings is 7. The fourth-order valence-electron chi connectivity index (χ4n) is 6.95. The van der Waals surface area contributed by atoms with E-state index in [-0.39, 0.29) is 0 Å². The Bertz CT molecular complexity index is 2630. The molecule has 0 N–H and O–H groups in total. The Morgan fingerprint density at radius 2 is 0.769 bits per heavy atom. The third kappa shape index (κ3) is 6.17. The van der Waals surface area contributed by atoms with Gasteiger partial charge in [-0.3, -0.25) is 4.98 Å². The average Bonchev–Trinajstić information content (AvgIpc) is 3.24. The Morgan fingerprint density at radius 3 is 1.38 bits per heavy atom. The van der Waals surface area contributed by atoms with Gasteiger partial charge in [0.15, 0.2) is 5.82 Å². The summed E-state index contributed by atoms with van der Waals surface area (Å²) in [4.78, 5) is 14.4. The molecule has 0 amide bonds. The lowest BCUT2D eigenvalue weighted by Crippen LogP contribution is -1.96. The van der Waals surface area contributed by atoms with Gasteiger partial charge in [-0.1, -0.05) is 170 Å². The predicted octanol–water partition coefficient (Wildman–Crippen LogP) is 12.7. The van der Waals surface area contributed by atoms with Crippen LogP contribution in [0.3, 0.4) is 0 Å². The molecule has 9 rings (SSSR count). The predicted molar refractivity (Wildman–Crippen MR) is 215 cm³/mol. The monoisotopic (exact) mass is 663 g/mol. The summed E-state index contributed by atoms with van der Waals surface area (Å²) in [6, 6.07) is 66.1. The Labute approximate surface area is 303 Å². The van der Waals surface area contributed by atoms with Crippen LogP contribution in [0.5, 0.6) is 0 Å². The standard InChI is InChI=1S/C49H33N3/c1-3-11-34(12-4-1)40-15-9-16-41(31-40)48-32-47(51-49(52-48)39-13-5-2-6-14-39)38-26-24-37(25-27-38)44-29-28-43(45-18-7-8-19-46(44)45)36-22-20-35(21-23-36)42-17-10-30-50-33-42/h1-33H. The van der Waals surface area contributed by atoms with Crippen LogP contribution < -0.4 is 0 Å². The van der Waals surface area contributed by atoms with Crippen molar-refractivity contribution in [2.24, 2.45) is 0 Å². The molecule has 52 heavy (non-hydrogen) atoms. The van der Waals surface area contributed by atoms with Crippen molar-refractivity contribution in [3.63, 3.8) is 0 Å². The van der Waals surface area contributed by atoms with Gasteiger partial charge in [-0.25, -0.2) is 9.97 Å². The summed E-state index contributed by atoms with van der Waals surface area (Å²) < 4.78 is 0. The molecule has 0 aliphatic heterocycles. The first kappa shape index (κ1) is 31.0. The Balaban J connectivity index is 1.08. The maximum atomic E-state index is 5.09. The molecule has 0 atom stereocenters. The smallest absolute Gasteiger partial charge is 0.160 e. The Morgan fingerprint density at radius 1 is 0.288 bits per heavy atom. The highest BCUT2D eigenvalue weighted by Gasteiger charge is 2.14. The molecule has 0 radical (unpaired) electrons. The van der Waals surface area contributed by atoms with E-state index in [9.17, 15) is 0 Å². The quantitative estimate of drug-likeness (QED) is 0.170. The number of hydrogen-bond acceptors (Lipinski definition) is 3. The van der Waals surface area contributed by atoms with E-state index in [0.717, 1.165) is 50.3 Å². The van der Waals surface area contributed by atoms with E-state index in [4.69, 9.17) is 9.97 Å². The summed E-state index contributed by atoms with van der Waals surface area (Å²) in [5.74, 6) is 0.706. The number of nitrogens with zero attached hydrogens (tertiary/aromatic N) is 3. The third-order valence-electron chi connectivity index (χ3n) is 9.63. The van der Waals surface area contributed by atoms with Crippen LogP contribution >= 0.6 is 0 Å². The second kappa shape index (κ2) is 13.7. The fourth-order valence-corrected chi connectivity index (χ4v) is 6.95. The molecule has 0 fully saturated rings. The van der Waals surface area contributed by atoms with Crippen molar-refractivity contribution in [3.8, 4) is 78.4 Å². The molecule has 3 nitrogen and oxygen atoms in total. The van der Waals surface area contributed by atoms with Crippen molar-refractivity contribution in [3.05, 3.63) is 200 Å². The number of fused-ring (bicyclic) bond motifs is 1. The molecule has 0 saturated carbocycles. The molecule has 244 valence electrons. The van der Waals surface area contributed by atoms with Gasteiger partial charge in [-0.15, -0.1) is 0 Å². The number of hydrogen-bond donors (Lipinski definition) is 0. The largest absolute Gasteiger partial charge is 0.264 e. The number of aromatic nitrogens is 3. The van der Waals surface area contributed by atoms with Gasteiger partial charge in [0.2, 0.25) is 0 Å². The topological polar surface area (TPSA) is 38.7 Å². The second-order valence-corrected chi connectivity index (χ2v) is 12.9. The van der Waals surface area contributed by atoms with Crippen molar-refractivity contribution in [1.82, 2.24) is 15.0 Å². The maximum absolute atomic E-state index is 5.09. The van der Waals surface area contributed by atoms with Gasteiger partial charge >= 0.3 is 0 Å². The second-order valence-electron chi connectivity index (χ2n) is 12.9. The summed E-state index contributed by atoms with van der Waals surface area (Å²) in [5.41, 5.74) is 14.2. The molecule has 0 aliphatic carbocycles. The van der Waals surface area contributed by atoms with Crippen molar-refractivity contribution >= 4 is 10.8 Å². The van der Waals surface area contributed by atoms with Gasteiger partial charge in [0.25, 0.3) is 0 Å². The summed E-state index contributed by atoms with van der Waals surface area (Å²) in [6.07, 6.45) is 3.71. The van der Waals surface area contributed by atoms with E-state index in [1.54, 1.807) is 6.20 Å². The van der Waals surface area contributed by atoms with E-state index < -0.39 is 0 Å². The van der Waals surface area contributed by atoms with Crippen LogP contribution in [0.25, 0.3) is 89.2 Å². The van der Waals surface area contributed by atoms with Crippen molar-refractivity contribution < 1.29 is 0 Å². The molecule has 0 spiro atoms. The van der Waals surface area contributed by atoms with E-state index in [0.29, 0.717) is 5.82 Å². The zero-order valence-corrected chi connectivity index (χ0v) is 28.4. The van der Waals surface area contributed by atoms with E-state index in [2.05, 4.69) is 163 Å². The van der Waals surface area contributed by atoms with Crippen molar-refractivity contribution in [2.75, 3.05) is 0 Å². The summed E-state index contributed by atoms with van der Waals surface area (Å²) >= 11 is 0. The van der Waals surface area contributed by atoms with Gasteiger partial charge < -0.3 is 0 Å². The van der Waals surface area contributed by atoms with Gasteiger partial charge in [0.05, 0.1) is 11.4 Å². The normalized spacial score (nSPS) is 11.1. The Hall–Kier alpha value is -6.97.